The Labute approximate surface area is 124 Å². The minimum absolute atomic E-state index is 0.109. The van der Waals surface area contributed by atoms with Crippen LogP contribution in [0.1, 0.15) is 23.5 Å². The molecule has 3 rings (SSSR count). The number of aliphatic hydroxyl groups is 1. The van der Waals surface area contributed by atoms with Crippen molar-refractivity contribution in [1.82, 2.24) is 4.90 Å². The minimum atomic E-state index is -0.395. The fourth-order valence-electron chi connectivity index (χ4n) is 3.08. The Bertz CT molecular complexity index is 570. The standard InChI is InChI=1S/C18H20FNO/c19-16-8-6-15(7-9-16)17-10-11-20(13-18(17)21)12-14-4-2-1-3-5-14/h1-9,17-18,21H,10-13H2/t17-,18+/m1/s1. The summed E-state index contributed by atoms with van der Waals surface area (Å²) in [6.07, 6.45) is 0.507. The second-order valence-corrected chi connectivity index (χ2v) is 5.73. The van der Waals surface area contributed by atoms with Crippen LogP contribution in [0.25, 0.3) is 0 Å². The fraction of sp³-hybridized carbons (Fsp3) is 0.333. The average Bonchev–Trinajstić information content (AvgIpc) is 2.50. The van der Waals surface area contributed by atoms with Crippen molar-refractivity contribution in [1.29, 1.82) is 0 Å². The highest BCUT2D eigenvalue weighted by Gasteiger charge is 2.28. The molecule has 1 aliphatic heterocycles. The van der Waals surface area contributed by atoms with Crippen molar-refractivity contribution < 1.29 is 9.50 Å². The maximum absolute atomic E-state index is 13.0. The minimum Gasteiger partial charge on any atom is -0.391 e. The third kappa shape index (κ3) is 3.49. The maximum atomic E-state index is 13.0. The molecule has 21 heavy (non-hydrogen) atoms. The van der Waals surface area contributed by atoms with Gasteiger partial charge in [0, 0.05) is 19.0 Å². The lowest BCUT2D eigenvalue weighted by Crippen LogP contribution is -2.42. The van der Waals surface area contributed by atoms with E-state index in [9.17, 15) is 9.50 Å². The summed E-state index contributed by atoms with van der Waals surface area (Å²) in [7, 11) is 0. The molecule has 2 atom stereocenters. The predicted molar refractivity (Wildman–Crippen MR) is 81.5 cm³/mol. The van der Waals surface area contributed by atoms with Crippen LogP contribution in [0.5, 0.6) is 0 Å². The van der Waals surface area contributed by atoms with Gasteiger partial charge in [0.1, 0.15) is 5.82 Å². The average molecular weight is 285 g/mol. The van der Waals surface area contributed by atoms with E-state index in [1.165, 1.54) is 17.7 Å². The van der Waals surface area contributed by atoms with E-state index in [1.807, 2.05) is 18.2 Å². The summed E-state index contributed by atoms with van der Waals surface area (Å²) < 4.78 is 13.0. The van der Waals surface area contributed by atoms with Crippen molar-refractivity contribution in [3.05, 3.63) is 71.5 Å². The Balaban J connectivity index is 1.63. The summed E-state index contributed by atoms with van der Waals surface area (Å²) in [6.45, 7) is 2.49. The zero-order chi connectivity index (χ0) is 14.7. The molecule has 0 aromatic heterocycles. The first-order chi connectivity index (χ1) is 10.2. The molecule has 3 heteroatoms. The topological polar surface area (TPSA) is 23.5 Å². The lowest BCUT2D eigenvalue weighted by Gasteiger charge is -2.36. The normalized spacial score (nSPS) is 23.1. The van der Waals surface area contributed by atoms with E-state index in [2.05, 4.69) is 17.0 Å². The van der Waals surface area contributed by atoms with Gasteiger partial charge in [0.25, 0.3) is 0 Å². The lowest BCUT2D eigenvalue weighted by atomic mass is 9.87. The zero-order valence-corrected chi connectivity index (χ0v) is 12.0. The largest absolute Gasteiger partial charge is 0.391 e. The molecule has 0 amide bonds. The number of likely N-dealkylation sites (tertiary alicyclic amines) is 1. The maximum Gasteiger partial charge on any atom is 0.123 e. The van der Waals surface area contributed by atoms with E-state index in [0.717, 1.165) is 25.1 Å². The first kappa shape index (κ1) is 14.2. The molecular weight excluding hydrogens is 265 g/mol. The van der Waals surface area contributed by atoms with Crippen LogP contribution >= 0.6 is 0 Å². The Kier molecular flexibility index (Phi) is 4.32. The van der Waals surface area contributed by atoms with Crippen molar-refractivity contribution >= 4 is 0 Å². The molecule has 0 spiro atoms. The van der Waals surface area contributed by atoms with Gasteiger partial charge in [0.2, 0.25) is 0 Å². The lowest BCUT2D eigenvalue weighted by molar-refractivity contribution is 0.0476. The Morgan fingerprint density at radius 3 is 2.43 bits per heavy atom. The van der Waals surface area contributed by atoms with Gasteiger partial charge in [-0.05, 0) is 36.2 Å². The Hall–Kier alpha value is -1.71. The molecule has 1 heterocycles. The summed E-state index contributed by atoms with van der Waals surface area (Å²) in [6, 6.07) is 16.8. The first-order valence-electron chi connectivity index (χ1n) is 7.42. The van der Waals surface area contributed by atoms with Crippen LogP contribution < -0.4 is 0 Å². The molecular formula is C18H20FNO. The van der Waals surface area contributed by atoms with Gasteiger partial charge in [0.05, 0.1) is 6.10 Å². The van der Waals surface area contributed by atoms with Gasteiger partial charge in [-0.2, -0.15) is 0 Å². The molecule has 2 nitrogen and oxygen atoms in total. The van der Waals surface area contributed by atoms with Crippen molar-refractivity contribution in [2.45, 2.75) is 25.0 Å². The molecule has 1 N–H and O–H groups in total. The van der Waals surface area contributed by atoms with Crippen molar-refractivity contribution in [3.63, 3.8) is 0 Å². The molecule has 1 saturated heterocycles. The van der Waals surface area contributed by atoms with Gasteiger partial charge >= 0.3 is 0 Å². The quantitative estimate of drug-likeness (QED) is 0.936. The van der Waals surface area contributed by atoms with Crippen LogP contribution in [0.3, 0.4) is 0 Å². The molecule has 0 radical (unpaired) electrons. The highest BCUT2D eigenvalue weighted by molar-refractivity contribution is 5.23. The molecule has 0 saturated carbocycles. The van der Waals surface area contributed by atoms with E-state index in [-0.39, 0.29) is 11.7 Å². The van der Waals surface area contributed by atoms with Crippen LogP contribution in [0.15, 0.2) is 54.6 Å². The second kappa shape index (κ2) is 6.37. The monoisotopic (exact) mass is 285 g/mol. The van der Waals surface area contributed by atoms with Gasteiger partial charge < -0.3 is 5.11 Å². The Morgan fingerprint density at radius 1 is 1.05 bits per heavy atom. The van der Waals surface area contributed by atoms with E-state index < -0.39 is 6.10 Å². The summed E-state index contributed by atoms with van der Waals surface area (Å²) in [4.78, 5) is 2.28. The molecule has 0 bridgehead atoms. The zero-order valence-electron chi connectivity index (χ0n) is 12.0. The summed E-state index contributed by atoms with van der Waals surface area (Å²) in [5, 5.41) is 10.4. The molecule has 110 valence electrons. The summed E-state index contributed by atoms with van der Waals surface area (Å²) in [5.74, 6) is -0.118. The molecule has 1 aliphatic rings. The summed E-state index contributed by atoms with van der Waals surface area (Å²) in [5.41, 5.74) is 2.30. The fourth-order valence-corrected chi connectivity index (χ4v) is 3.08. The number of hydrogen-bond acceptors (Lipinski definition) is 2. The first-order valence-corrected chi connectivity index (χ1v) is 7.42. The SMILES string of the molecule is O[C@H]1CN(Cc2ccccc2)CC[C@@H]1c1ccc(F)cc1. The molecule has 1 fully saturated rings. The molecule has 2 aromatic rings. The van der Waals surface area contributed by atoms with Crippen LogP contribution in [0, 0.1) is 5.82 Å². The van der Waals surface area contributed by atoms with Crippen LogP contribution in [0.2, 0.25) is 0 Å². The van der Waals surface area contributed by atoms with Crippen LogP contribution in [-0.2, 0) is 6.54 Å². The van der Waals surface area contributed by atoms with Gasteiger partial charge in [-0.1, -0.05) is 42.5 Å². The smallest absolute Gasteiger partial charge is 0.123 e. The number of nitrogens with zero attached hydrogens (tertiary/aromatic N) is 1. The van der Waals surface area contributed by atoms with Gasteiger partial charge in [-0.25, -0.2) is 4.39 Å². The summed E-state index contributed by atoms with van der Waals surface area (Å²) >= 11 is 0. The third-order valence-corrected chi connectivity index (χ3v) is 4.21. The number of benzene rings is 2. The molecule has 2 aromatic carbocycles. The second-order valence-electron chi connectivity index (χ2n) is 5.73. The van der Waals surface area contributed by atoms with Gasteiger partial charge in [0.15, 0.2) is 0 Å². The van der Waals surface area contributed by atoms with Crippen molar-refractivity contribution in [2.24, 2.45) is 0 Å². The number of β-amino-alcohol motifs (C(OH)–C–C–N with tert-alkyl or cyclic N) is 1. The third-order valence-electron chi connectivity index (χ3n) is 4.21. The van der Waals surface area contributed by atoms with Gasteiger partial charge in [-0.3, -0.25) is 4.90 Å². The molecule has 0 aliphatic carbocycles. The number of halogens is 1. The number of rotatable bonds is 3. The number of hydrogen-bond donors (Lipinski definition) is 1. The van der Waals surface area contributed by atoms with Crippen molar-refractivity contribution in [3.8, 4) is 0 Å². The molecule has 0 unspecified atom stereocenters. The van der Waals surface area contributed by atoms with E-state index >= 15 is 0 Å². The van der Waals surface area contributed by atoms with E-state index in [4.69, 9.17) is 0 Å². The number of piperidine rings is 1. The highest BCUT2D eigenvalue weighted by Crippen LogP contribution is 2.29. The highest BCUT2D eigenvalue weighted by atomic mass is 19.1. The van der Waals surface area contributed by atoms with Crippen LogP contribution in [0.4, 0.5) is 4.39 Å². The van der Waals surface area contributed by atoms with Gasteiger partial charge in [-0.15, -0.1) is 0 Å². The predicted octanol–water partition coefficient (Wildman–Crippen LogP) is 3.18. The Morgan fingerprint density at radius 2 is 1.76 bits per heavy atom. The van der Waals surface area contributed by atoms with E-state index in [0.29, 0.717) is 6.54 Å². The van der Waals surface area contributed by atoms with E-state index in [1.54, 1.807) is 12.1 Å². The van der Waals surface area contributed by atoms with Crippen molar-refractivity contribution in [2.75, 3.05) is 13.1 Å². The number of aliphatic hydroxyl groups excluding tert-OH is 1. The van der Waals surface area contributed by atoms with Crippen LogP contribution in [-0.4, -0.2) is 29.2 Å².